The molecule has 0 spiro atoms. The molecule has 0 heterocycles. The zero-order valence-corrected chi connectivity index (χ0v) is 22.4. The molecular formula is C32H46N2O. The third-order valence-electron chi connectivity index (χ3n) is 8.56. The zero-order chi connectivity index (χ0) is 24.8. The maximum Gasteiger partial charge on any atom is 0.322 e. The molecule has 2 aliphatic carbocycles. The fourth-order valence-corrected chi connectivity index (χ4v) is 6.51. The number of benzene rings is 2. The van der Waals surface area contributed by atoms with Crippen molar-refractivity contribution in [1.29, 1.82) is 0 Å². The van der Waals surface area contributed by atoms with E-state index in [2.05, 4.69) is 86.4 Å². The van der Waals surface area contributed by atoms with Gasteiger partial charge in [0, 0.05) is 18.3 Å². The predicted molar refractivity (Wildman–Crippen MR) is 148 cm³/mol. The van der Waals surface area contributed by atoms with Gasteiger partial charge in [0.25, 0.3) is 0 Å². The first-order chi connectivity index (χ1) is 16.9. The average molecular weight is 475 g/mol. The maximum absolute atomic E-state index is 14.0. The number of hydrogen-bond donors (Lipinski definition) is 1. The van der Waals surface area contributed by atoms with Crippen molar-refractivity contribution in [1.82, 2.24) is 4.90 Å². The number of rotatable bonds is 7. The molecule has 35 heavy (non-hydrogen) atoms. The molecule has 2 aromatic carbocycles. The Labute approximate surface area is 213 Å². The van der Waals surface area contributed by atoms with Crippen molar-refractivity contribution in [3.63, 3.8) is 0 Å². The summed E-state index contributed by atoms with van der Waals surface area (Å²) in [6, 6.07) is 17.4. The Morgan fingerprint density at radius 3 is 1.91 bits per heavy atom. The minimum absolute atomic E-state index is 0.0602. The van der Waals surface area contributed by atoms with Crippen molar-refractivity contribution < 1.29 is 4.79 Å². The van der Waals surface area contributed by atoms with E-state index in [4.69, 9.17) is 0 Å². The van der Waals surface area contributed by atoms with E-state index in [1.54, 1.807) is 0 Å². The molecule has 2 aliphatic rings. The van der Waals surface area contributed by atoms with E-state index >= 15 is 0 Å². The highest BCUT2D eigenvalue weighted by molar-refractivity contribution is 5.91. The van der Waals surface area contributed by atoms with Crippen LogP contribution in [0.25, 0.3) is 0 Å². The molecule has 2 fully saturated rings. The van der Waals surface area contributed by atoms with Gasteiger partial charge in [0.15, 0.2) is 0 Å². The van der Waals surface area contributed by atoms with Gasteiger partial charge in [-0.2, -0.15) is 0 Å². The molecule has 0 unspecified atom stereocenters. The summed E-state index contributed by atoms with van der Waals surface area (Å²) in [6.07, 6.45) is 11.9. The fourth-order valence-electron chi connectivity index (χ4n) is 6.51. The molecule has 3 heteroatoms. The molecule has 0 radical (unpaired) electrons. The number of nitrogens with one attached hydrogen (secondary N) is 1. The normalized spacial score (nSPS) is 21.3. The first-order valence-corrected chi connectivity index (χ1v) is 14.2. The third kappa shape index (κ3) is 6.48. The molecule has 2 saturated carbocycles. The number of hydrogen-bond acceptors (Lipinski definition) is 1. The van der Waals surface area contributed by atoms with Crippen molar-refractivity contribution in [3.05, 3.63) is 65.2 Å². The maximum atomic E-state index is 14.0. The van der Waals surface area contributed by atoms with Crippen LogP contribution in [0, 0.1) is 11.8 Å². The number of carbonyl (C=O) groups excluding carboxylic acids is 1. The number of nitrogens with zero attached hydrogens (tertiary/aromatic N) is 1. The summed E-state index contributed by atoms with van der Waals surface area (Å²) in [7, 11) is 0. The van der Waals surface area contributed by atoms with Crippen LogP contribution in [-0.4, -0.2) is 17.0 Å². The van der Waals surface area contributed by atoms with Gasteiger partial charge in [-0.05, 0) is 66.0 Å². The lowest BCUT2D eigenvalue weighted by Crippen LogP contribution is -2.45. The SMILES string of the molecule is CC(C)c1cccc(C(C)C)c1NC(=O)N(Cc1ccccc1)[C@H]1CC[C@@H](C2CCCCC2)CC1. The highest BCUT2D eigenvalue weighted by Gasteiger charge is 2.33. The van der Waals surface area contributed by atoms with Crippen molar-refractivity contribution in [3.8, 4) is 0 Å². The molecule has 4 rings (SSSR count). The average Bonchev–Trinajstić information content (AvgIpc) is 2.88. The Morgan fingerprint density at radius 2 is 1.34 bits per heavy atom. The quantitative estimate of drug-likeness (QED) is 0.426. The molecule has 1 N–H and O–H groups in total. The minimum Gasteiger partial charge on any atom is -0.317 e. The summed E-state index contributed by atoms with van der Waals surface area (Å²) in [4.78, 5) is 16.1. The Balaban J connectivity index is 1.54. The second-order valence-corrected chi connectivity index (χ2v) is 11.6. The largest absolute Gasteiger partial charge is 0.322 e. The van der Waals surface area contributed by atoms with Crippen LogP contribution in [0.1, 0.15) is 114 Å². The van der Waals surface area contributed by atoms with Crippen LogP contribution in [-0.2, 0) is 6.54 Å². The van der Waals surface area contributed by atoms with Gasteiger partial charge in [-0.3, -0.25) is 0 Å². The van der Waals surface area contributed by atoms with E-state index in [1.165, 1.54) is 61.6 Å². The standard InChI is InChI=1S/C32H46N2O/c1-23(2)29-16-11-17-30(24(3)4)31(29)33-32(35)34(22-25-12-7-5-8-13-25)28-20-18-27(19-21-28)26-14-9-6-10-15-26/h5,7-8,11-13,16-17,23-24,26-28H,6,9-10,14-15,18-22H2,1-4H3,(H,33,35)/t27-,28+. The smallest absolute Gasteiger partial charge is 0.317 e. The van der Waals surface area contributed by atoms with Crippen LogP contribution in [0.3, 0.4) is 0 Å². The van der Waals surface area contributed by atoms with Gasteiger partial charge in [0.1, 0.15) is 0 Å². The number of urea groups is 1. The first kappa shape index (κ1) is 25.8. The van der Waals surface area contributed by atoms with E-state index in [9.17, 15) is 4.79 Å². The lowest BCUT2D eigenvalue weighted by Gasteiger charge is -2.40. The molecule has 0 aliphatic heterocycles. The van der Waals surface area contributed by atoms with Crippen molar-refractivity contribution in [2.24, 2.45) is 11.8 Å². The van der Waals surface area contributed by atoms with Crippen LogP contribution in [0.5, 0.6) is 0 Å². The summed E-state index contributed by atoms with van der Waals surface area (Å²) in [5.41, 5.74) is 4.69. The van der Waals surface area contributed by atoms with Gasteiger partial charge in [0.05, 0.1) is 0 Å². The first-order valence-electron chi connectivity index (χ1n) is 14.2. The predicted octanol–water partition coefficient (Wildman–Crippen LogP) is 9.11. The van der Waals surface area contributed by atoms with E-state index in [1.807, 2.05) is 0 Å². The third-order valence-corrected chi connectivity index (χ3v) is 8.56. The lowest BCUT2D eigenvalue weighted by molar-refractivity contribution is 0.120. The minimum atomic E-state index is 0.0602. The Bertz CT molecular complexity index is 911. The van der Waals surface area contributed by atoms with Gasteiger partial charge in [-0.1, -0.05) is 108 Å². The van der Waals surface area contributed by atoms with E-state index in [0.29, 0.717) is 24.4 Å². The number of amides is 2. The topological polar surface area (TPSA) is 32.3 Å². The van der Waals surface area contributed by atoms with Gasteiger partial charge >= 0.3 is 6.03 Å². The van der Waals surface area contributed by atoms with Gasteiger partial charge in [0.2, 0.25) is 0 Å². The van der Waals surface area contributed by atoms with Crippen LogP contribution in [0.2, 0.25) is 0 Å². The molecular weight excluding hydrogens is 428 g/mol. The summed E-state index contributed by atoms with van der Waals surface area (Å²) >= 11 is 0. The monoisotopic (exact) mass is 474 g/mol. The van der Waals surface area contributed by atoms with Crippen molar-refractivity contribution in [2.75, 3.05) is 5.32 Å². The molecule has 0 bridgehead atoms. The molecule has 0 atom stereocenters. The summed E-state index contributed by atoms with van der Waals surface area (Å²) in [5, 5.41) is 3.42. The number of anilines is 1. The fraction of sp³-hybridized carbons (Fsp3) is 0.594. The van der Waals surface area contributed by atoms with Gasteiger partial charge in [-0.25, -0.2) is 4.79 Å². The Hall–Kier alpha value is -2.29. The zero-order valence-electron chi connectivity index (χ0n) is 22.4. The van der Waals surface area contributed by atoms with Gasteiger partial charge < -0.3 is 10.2 Å². The van der Waals surface area contributed by atoms with Crippen LogP contribution < -0.4 is 5.32 Å². The van der Waals surface area contributed by atoms with E-state index in [0.717, 1.165) is 30.4 Å². The van der Waals surface area contributed by atoms with E-state index in [-0.39, 0.29) is 6.03 Å². The Kier molecular flexibility index (Phi) is 8.92. The highest BCUT2D eigenvalue weighted by Crippen LogP contribution is 2.40. The van der Waals surface area contributed by atoms with Crippen LogP contribution in [0.15, 0.2) is 48.5 Å². The second-order valence-electron chi connectivity index (χ2n) is 11.6. The summed E-state index contributed by atoms with van der Waals surface area (Å²) < 4.78 is 0. The molecule has 0 aromatic heterocycles. The number of carbonyl (C=O) groups is 1. The van der Waals surface area contributed by atoms with Crippen molar-refractivity contribution in [2.45, 2.75) is 110 Å². The second kappa shape index (κ2) is 12.1. The molecule has 2 amide bonds. The Morgan fingerprint density at radius 1 is 0.771 bits per heavy atom. The molecule has 3 nitrogen and oxygen atoms in total. The number of para-hydroxylation sites is 1. The molecule has 0 saturated heterocycles. The van der Waals surface area contributed by atoms with Crippen molar-refractivity contribution >= 4 is 11.7 Å². The van der Waals surface area contributed by atoms with E-state index < -0.39 is 0 Å². The lowest BCUT2D eigenvalue weighted by atomic mass is 9.72. The summed E-state index contributed by atoms with van der Waals surface area (Å²) in [6.45, 7) is 9.52. The van der Waals surface area contributed by atoms with Crippen LogP contribution >= 0.6 is 0 Å². The van der Waals surface area contributed by atoms with Crippen LogP contribution in [0.4, 0.5) is 10.5 Å². The summed E-state index contributed by atoms with van der Waals surface area (Å²) in [5.74, 6) is 2.50. The molecule has 190 valence electrons. The molecule has 2 aromatic rings. The highest BCUT2D eigenvalue weighted by atomic mass is 16.2. The van der Waals surface area contributed by atoms with Gasteiger partial charge in [-0.15, -0.1) is 0 Å².